The van der Waals surface area contributed by atoms with Crippen LogP contribution in [-0.4, -0.2) is 30.9 Å². The number of amides is 2. The lowest BCUT2D eigenvalue weighted by Gasteiger charge is -2.13. The number of aryl methyl sites for hydroxylation is 1. The van der Waals surface area contributed by atoms with E-state index in [4.69, 9.17) is 0 Å². The molecule has 0 spiro atoms. The van der Waals surface area contributed by atoms with Gasteiger partial charge in [0.1, 0.15) is 0 Å². The van der Waals surface area contributed by atoms with E-state index in [9.17, 15) is 9.59 Å². The van der Waals surface area contributed by atoms with Gasteiger partial charge in [-0.3, -0.25) is 14.9 Å². The number of anilines is 2. The molecule has 0 bridgehead atoms. The average Bonchev–Trinajstić information content (AvgIpc) is 3.26. The summed E-state index contributed by atoms with van der Waals surface area (Å²) in [5, 5.41) is 6.27. The van der Waals surface area contributed by atoms with Crippen molar-refractivity contribution in [1.82, 2.24) is 10.3 Å². The first-order chi connectivity index (χ1) is 13.3. The van der Waals surface area contributed by atoms with E-state index in [0.29, 0.717) is 17.2 Å². The number of carbonyl (C=O) groups is 2. The predicted octanol–water partition coefficient (Wildman–Crippen LogP) is 4.13. The van der Waals surface area contributed by atoms with Crippen LogP contribution in [0.25, 0.3) is 10.6 Å². The molecule has 1 aromatic carbocycles. The monoisotopic (exact) mass is 414 g/mol. The van der Waals surface area contributed by atoms with Crippen molar-refractivity contribution in [2.24, 2.45) is 0 Å². The highest BCUT2D eigenvalue weighted by atomic mass is 32.1. The van der Waals surface area contributed by atoms with E-state index in [2.05, 4.69) is 15.6 Å². The molecular weight excluding hydrogens is 392 g/mol. The number of thiazole rings is 1. The molecule has 8 heteroatoms. The SMILES string of the molecule is CC(=O)NCc1ccc(-c2nc(NC(=O)c3cccc(N(C)C)c3)sc2C)s1. The highest BCUT2D eigenvalue weighted by Crippen LogP contribution is 2.34. The molecule has 2 aromatic heterocycles. The fourth-order valence-corrected chi connectivity index (χ4v) is 4.47. The molecule has 3 aromatic rings. The first kappa shape index (κ1) is 20.0. The Kier molecular flexibility index (Phi) is 6.11. The van der Waals surface area contributed by atoms with Crippen molar-refractivity contribution in [2.75, 3.05) is 24.3 Å². The molecule has 2 heterocycles. The third-order valence-corrected chi connectivity index (χ3v) is 6.03. The zero-order chi connectivity index (χ0) is 20.3. The number of benzene rings is 1. The number of thiophene rings is 1. The first-order valence-electron chi connectivity index (χ1n) is 8.73. The summed E-state index contributed by atoms with van der Waals surface area (Å²) < 4.78 is 0. The van der Waals surface area contributed by atoms with Gasteiger partial charge in [0, 0.05) is 42.0 Å². The number of carbonyl (C=O) groups excluding carboxylic acids is 2. The molecule has 0 fully saturated rings. The summed E-state index contributed by atoms with van der Waals surface area (Å²) in [5.41, 5.74) is 2.42. The molecule has 0 unspecified atom stereocenters. The smallest absolute Gasteiger partial charge is 0.257 e. The number of hydrogen-bond acceptors (Lipinski definition) is 6. The van der Waals surface area contributed by atoms with Crippen molar-refractivity contribution < 1.29 is 9.59 Å². The number of nitrogens with zero attached hydrogens (tertiary/aromatic N) is 2. The molecule has 3 rings (SSSR count). The van der Waals surface area contributed by atoms with E-state index in [1.54, 1.807) is 17.4 Å². The number of hydrogen-bond donors (Lipinski definition) is 2. The highest BCUT2D eigenvalue weighted by Gasteiger charge is 2.15. The Bertz CT molecular complexity index is 1010. The molecule has 0 aliphatic carbocycles. The zero-order valence-electron chi connectivity index (χ0n) is 16.2. The van der Waals surface area contributed by atoms with E-state index in [1.165, 1.54) is 18.3 Å². The quantitative estimate of drug-likeness (QED) is 0.636. The molecule has 0 saturated heterocycles. The van der Waals surface area contributed by atoms with Crippen LogP contribution in [0.4, 0.5) is 10.8 Å². The topological polar surface area (TPSA) is 74.3 Å². The summed E-state index contributed by atoms with van der Waals surface area (Å²) in [6.07, 6.45) is 0. The Labute approximate surface area is 172 Å². The van der Waals surface area contributed by atoms with Crippen molar-refractivity contribution in [2.45, 2.75) is 20.4 Å². The van der Waals surface area contributed by atoms with Crippen LogP contribution in [0, 0.1) is 6.92 Å². The lowest BCUT2D eigenvalue weighted by atomic mass is 10.2. The van der Waals surface area contributed by atoms with Crippen molar-refractivity contribution >= 4 is 45.3 Å². The van der Waals surface area contributed by atoms with Gasteiger partial charge in [-0.1, -0.05) is 6.07 Å². The maximum atomic E-state index is 12.6. The molecule has 0 aliphatic heterocycles. The largest absolute Gasteiger partial charge is 0.378 e. The van der Waals surface area contributed by atoms with Crippen molar-refractivity contribution in [3.8, 4) is 10.6 Å². The second kappa shape index (κ2) is 8.53. The van der Waals surface area contributed by atoms with Crippen LogP contribution in [-0.2, 0) is 11.3 Å². The Morgan fingerprint density at radius 2 is 1.93 bits per heavy atom. The Balaban J connectivity index is 1.74. The van der Waals surface area contributed by atoms with Crippen molar-refractivity contribution in [1.29, 1.82) is 0 Å². The molecule has 0 atom stereocenters. The molecule has 2 amide bonds. The zero-order valence-corrected chi connectivity index (χ0v) is 17.8. The van der Waals surface area contributed by atoms with Gasteiger partial charge in [-0.2, -0.15) is 0 Å². The van der Waals surface area contributed by atoms with E-state index in [1.807, 2.05) is 56.3 Å². The Morgan fingerprint density at radius 3 is 2.64 bits per heavy atom. The maximum Gasteiger partial charge on any atom is 0.257 e. The molecule has 0 saturated carbocycles. The number of rotatable bonds is 6. The van der Waals surface area contributed by atoms with Gasteiger partial charge >= 0.3 is 0 Å². The first-order valence-corrected chi connectivity index (χ1v) is 10.4. The second-order valence-electron chi connectivity index (χ2n) is 6.50. The lowest BCUT2D eigenvalue weighted by Crippen LogP contribution is -2.17. The minimum atomic E-state index is -0.179. The van der Waals surface area contributed by atoms with E-state index >= 15 is 0 Å². The summed E-state index contributed by atoms with van der Waals surface area (Å²) in [4.78, 5) is 33.3. The second-order valence-corrected chi connectivity index (χ2v) is 8.87. The molecule has 0 radical (unpaired) electrons. The van der Waals surface area contributed by atoms with Crippen LogP contribution < -0.4 is 15.5 Å². The molecule has 146 valence electrons. The highest BCUT2D eigenvalue weighted by molar-refractivity contribution is 7.18. The molecule has 28 heavy (non-hydrogen) atoms. The average molecular weight is 415 g/mol. The van der Waals surface area contributed by atoms with Gasteiger partial charge in [0.25, 0.3) is 5.91 Å². The predicted molar refractivity (Wildman–Crippen MR) is 116 cm³/mol. The van der Waals surface area contributed by atoms with Gasteiger partial charge in [0.2, 0.25) is 5.91 Å². The third kappa shape index (κ3) is 4.76. The Morgan fingerprint density at radius 1 is 1.14 bits per heavy atom. The standard InChI is InChI=1S/C20H22N4O2S2/c1-12-18(17-9-8-16(28-17)11-21-13(2)25)22-20(27-12)23-19(26)14-6-5-7-15(10-14)24(3)4/h5-10H,11H2,1-4H3,(H,21,25)(H,22,23,26). The number of aromatic nitrogens is 1. The van der Waals surface area contributed by atoms with Gasteiger partial charge in [-0.15, -0.1) is 22.7 Å². The van der Waals surface area contributed by atoms with Crippen LogP contribution in [0.1, 0.15) is 27.0 Å². The van der Waals surface area contributed by atoms with Gasteiger partial charge < -0.3 is 10.2 Å². The van der Waals surface area contributed by atoms with E-state index < -0.39 is 0 Å². The number of nitrogens with one attached hydrogen (secondary N) is 2. The van der Waals surface area contributed by atoms with Gasteiger partial charge in [-0.25, -0.2) is 4.98 Å². The van der Waals surface area contributed by atoms with E-state index in [-0.39, 0.29) is 11.8 Å². The normalized spacial score (nSPS) is 10.6. The van der Waals surface area contributed by atoms with E-state index in [0.717, 1.165) is 26.0 Å². The maximum absolute atomic E-state index is 12.6. The van der Waals surface area contributed by atoms with Crippen LogP contribution in [0.2, 0.25) is 0 Å². The Hall–Kier alpha value is -2.71. The summed E-state index contributed by atoms with van der Waals surface area (Å²) in [5.74, 6) is -0.232. The van der Waals surface area contributed by atoms with Crippen LogP contribution in [0.15, 0.2) is 36.4 Å². The summed E-state index contributed by atoms with van der Waals surface area (Å²) in [7, 11) is 3.88. The van der Waals surface area contributed by atoms with Gasteiger partial charge in [-0.05, 0) is 37.3 Å². The third-order valence-electron chi connectivity index (χ3n) is 4.05. The van der Waals surface area contributed by atoms with Crippen LogP contribution in [0.5, 0.6) is 0 Å². The molecule has 6 nitrogen and oxygen atoms in total. The summed E-state index contributed by atoms with van der Waals surface area (Å²) in [6.45, 7) is 4.00. The van der Waals surface area contributed by atoms with Crippen LogP contribution >= 0.6 is 22.7 Å². The molecular formula is C20H22N4O2S2. The summed E-state index contributed by atoms with van der Waals surface area (Å²) >= 11 is 3.04. The molecule has 0 aliphatic rings. The van der Waals surface area contributed by atoms with Crippen molar-refractivity contribution in [3.63, 3.8) is 0 Å². The molecule has 2 N–H and O–H groups in total. The summed E-state index contributed by atoms with van der Waals surface area (Å²) in [6, 6.07) is 11.4. The van der Waals surface area contributed by atoms with Gasteiger partial charge in [0.05, 0.1) is 17.1 Å². The minimum absolute atomic E-state index is 0.0527. The fourth-order valence-electron chi connectivity index (χ4n) is 2.58. The fraction of sp³-hybridized carbons (Fsp3) is 0.250. The van der Waals surface area contributed by atoms with Crippen molar-refractivity contribution in [3.05, 3.63) is 51.7 Å². The van der Waals surface area contributed by atoms with Crippen LogP contribution in [0.3, 0.4) is 0 Å². The van der Waals surface area contributed by atoms with Gasteiger partial charge in [0.15, 0.2) is 5.13 Å². The minimum Gasteiger partial charge on any atom is -0.378 e. The lowest BCUT2D eigenvalue weighted by molar-refractivity contribution is -0.119.